The molecule has 1 atom stereocenters. The summed E-state index contributed by atoms with van der Waals surface area (Å²) < 4.78 is 1.03. The first-order valence-corrected chi connectivity index (χ1v) is 5.87. The van der Waals surface area contributed by atoms with Gasteiger partial charge in [-0.3, -0.25) is 4.98 Å². The zero-order valence-corrected chi connectivity index (χ0v) is 10.5. The quantitative estimate of drug-likeness (QED) is 0.913. The highest BCUT2D eigenvalue weighted by Gasteiger charge is 2.02. The third-order valence-electron chi connectivity index (χ3n) is 2.30. The number of aliphatic hydroxyl groups is 1. The Morgan fingerprint density at radius 2 is 2.19 bits per heavy atom. The molecule has 0 spiro atoms. The number of aromatic nitrogens is 1. The van der Waals surface area contributed by atoms with Gasteiger partial charge in [-0.25, -0.2) is 0 Å². The summed E-state index contributed by atoms with van der Waals surface area (Å²) in [6, 6.07) is 7.91. The van der Waals surface area contributed by atoms with Crippen LogP contribution in [0.15, 0.2) is 41.0 Å². The molecule has 1 unspecified atom stereocenters. The van der Waals surface area contributed by atoms with Gasteiger partial charge in [0.1, 0.15) is 0 Å². The van der Waals surface area contributed by atoms with Crippen LogP contribution >= 0.6 is 15.9 Å². The Labute approximate surface area is 103 Å². The Bertz CT molecular complexity index is 534. The maximum atomic E-state index is 9.22. The largest absolute Gasteiger partial charge is 0.389 e. The molecule has 1 aromatic heterocycles. The second-order valence-corrected chi connectivity index (χ2v) is 4.49. The summed E-state index contributed by atoms with van der Waals surface area (Å²) in [5.41, 5.74) is 1.95. The van der Waals surface area contributed by atoms with E-state index in [9.17, 15) is 5.11 Å². The number of hydrogen-bond acceptors (Lipinski definition) is 2. The lowest BCUT2D eigenvalue weighted by atomic mass is 10.1. The zero-order chi connectivity index (χ0) is 11.5. The van der Waals surface area contributed by atoms with Gasteiger partial charge in [0.25, 0.3) is 0 Å². The molecule has 2 aromatic rings. The molecule has 1 aromatic carbocycles. The first-order chi connectivity index (χ1) is 7.68. The highest BCUT2D eigenvalue weighted by Crippen LogP contribution is 2.25. The zero-order valence-electron chi connectivity index (χ0n) is 8.89. The lowest BCUT2D eigenvalue weighted by molar-refractivity contribution is 0.245. The summed E-state index contributed by atoms with van der Waals surface area (Å²) in [5, 5.41) is 10.3. The minimum Gasteiger partial charge on any atom is -0.389 e. The van der Waals surface area contributed by atoms with Gasteiger partial charge in [-0.05, 0) is 19.1 Å². The van der Waals surface area contributed by atoms with Gasteiger partial charge < -0.3 is 5.11 Å². The van der Waals surface area contributed by atoms with Crippen molar-refractivity contribution >= 4 is 32.9 Å². The van der Waals surface area contributed by atoms with Crippen LogP contribution in [0.1, 0.15) is 12.5 Å². The average Bonchev–Trinajstić information content (AvgIpc) is 2.28. The topological polar surface area (TPSA) is 33.1 Å². The molecule has 0 fully saturated rings. The standard InChI is InChI=1S/C13H12BrNO/c1-9(16)4-5-10-6-7-12(14)11-3-2-8-15-13(10)11/h2-9,16H,1H3/b5-4+. The maximum absolute atomic E-state index is 9.22. The van der Waals surface area contributed by atoms with Crippen LogP contribution < -0.4 is 0 Å². The van der Waals surface area contributed by atoms with Gasteiger partial charge in [0.15, 0.2) is 0 Å². The molecule has 82 valence electrons. The van der Waals surface area contributed by atoms with E-state index in [1.165, 1.54) is 0 Å². The Morgan fingerprint density at radius 1 is 1.38 bits per heavy atom. The smallest absolute Gasteiger partial charge is 0.0785 e. The summed E-state index contributed by atoms with van der Waals surface area (Å²) in [6.45, 7) is 1.73. The van der Waals surface area contributed by atoms with Crippen molar-refractivity contribution in [1.82, 2.24) is 4.98 Å². The van der Waals surface area contributed by atoms with Crippen LogP contribution in [-0.4, -0.2) is 16.2 Å². The molecule has 16 heavy (non-hydrogen) atoms. The fraction of sp³-hybridized carbons (Fsp3) is 0.154. The Hall–Kier alpha value is -1.19. The highest BCUT2D eigenvalue weighted by atomic mass is 79.9. The molecular formula is C13H12BrNO. The molecule has 0 bridgehead atoms. The van der Waals surface area contributed by atoms with Crippen molar-refractivity contribution in [3.05, 3.63) is 46.6 Å². The summed E-state index contributed by atoms with van der Waals surface area (Å²) in [6.07, 6.45) is 4.97. The normalized spacial score (nSPS) is 13.4. The van der Waals surface area contributed by atoms with Crippen LogP contribution in [0.4, 0.5) is 0 Å². The van der Waals surface area contributed by atoms with Crippen LogP contribution in [0.3, 0.4) is 0 Å². The van der Waals surface area contributed by atoms with Gasteiger partial charge in [-0.15, -0.1) is 0 Å². The van der Waals surface area contributed by atoms with E-state index in [4.69, 9.17) is 0 Å². The number of hydrogen-bond donors (Lipinski definition) is 1. The molecule has 1 heterocycles. The maximum Gasteiger partial charge on any atom is 0.0785 e. The van der Waals surface area contributed by atoms with Gasteiger partial charge in [0.05, 0.1) is 11.6 Å². The molecule has 0 aliphatic carbocycles. The Kier molecular flexibility index (Phi) is 3.36. The van der Waals surface area contributed by atoms with E-state index in [0.717, 1.165) is 20.9 Å². The van der Waals surface area contributed by atoms with Crippen LogP contribution in [-0.2, 0) is 0 Å². The minimum atomic E-state index is -0.442. The average molecular weight is 278 g/mol. The van der Waals surface area contributed by atoms with Crippen LogP contribution in [0, 0.1) is 0 Å². The fourth-order valence-corrected chi connectivity index (χ4v) is 1.99. The van der Waals surface area contributed by atoms with Crippen molar-refractivity contribution in [3.63, 3.8) is 0 Å². The lowest BCUT2D eigenvalue weighted by Gasteiger charge is -2.03. The summed E-state index contributed by atoms with van der Waals surface area (Å²) in [7, 11) is 0. The summed E-state index contributed by atoms with van der Waals surface area (Å²) in [5.74, 6) is 0. The van der Waals surface area contributed by atoms with Crippen molar-refractivity contribution in [2.24, 2.45) is 0 Å². The molecule has 0 aliphatic heterocycles. The van der Waals surface area contributed by atoms with E-state index < -0.39 is 6.10 Å². The minimum absolute atomic E-state index is 0.442. The van der Waals surface area contributed by atoms with Gasteiger partial charge >= 0.3 is 0 Å². The van der Waals surface area contributed by atoms with E-state index in [1.807, 2.05) is 30.3 Å². The van der Waals surface area contributed by atoms with Gasteiger partial charge in [0, 0.05) is 21.6 Å². The monoisotopic (exact) mass is 277 g/mol. The van der Waals surface area contributed by atoms with Gasteiger partial charge in [-0.1, -0.05) is 40.2 Å². The van der Waals surface area contributed by atoms with Gasteiger partial charge in [-0.2, -0.15) is 0 Å². The molecule has 0 saturated carbocycles. The number of fused-ring (bicyclic) bond motifs is 1. The number of pyridine rings is 1. The second kappa shape index (κ2) is 4.76. The number of nitrogens with zero attached hydrogens (tertiary/aromatic N) is 1. The lowest BCUT2D eigenvalue weighted by Crippen LogP contribution is -1.92. The van der Waals surface area contributed by atoms with E-state index in [0.29, 0.717) is 0 Å². The molecule has 2 nitrogen and oxygen atoms in total. The Balaban J connectivity index is 2.59. The van der Waals surface area contributed by atoms with Gasteiger partial charge in [0.2, 0.25) is 0 Å². The molecule has 1 N–H and O–H groups in total. The van der Waals surface area contributed by atoms with Crippen molar-refractivity contribution < 1.29 is 5.11 Å². The molecule has 0 amide bonds. The molecule has 0 radical (unpaired) electrons. The van der Waals surface area contributed by atoms with Crippen molar-refractivity contribution in [1.29, 1.82) is 0 Å². The van der Waals surface area contributed by atoms with E-state index in [-0.39, 0.29) is 0 Å². The van der Waals surface area contributed by atoms with Crippen LogP contribution in [0.2, 0.25) is 0 Å². The van der Waals surface area contributed by atoms with Crippen molar-refractivity contribution in [3.8, 4) is 0 Å². The molecule has 0 aliphatic rings. The fourth-order valence-electron chi connectivity index (χ4n) is 1.54. The number of benzene rings is 1. The number of aliphatic hydroxyl groups excluding tert-OH is 1. The first-order valence-electron chi connectivity index (χ1n) is 5.08. The van der Waals surface area contributed by atoms with Crippen LogP contribution in [0.25, 0.3) is 17.0 Å². The van der Waals surface area contributed by atoms with Crippen molar-refractivity contribution in [2.75, 3.05) is 0 Å². The van der Waals surface area contributed by atoms with E-state index in [1.54, 1.807) is 19.2 Å². The third kappa shape index (κ3) is 2.31. The van der Waals surface area contributed by atoms with E-state index in [2.05, 4.69) is 20.9 Å². The molecule has 3 heteroatoms. The van der Waals surface area contributed by atoms with Crippen molar-refractivity contribution in [2.45, 2.75) is 13.0 Å². The Morgan fingerprint density at radius 3 is 2.94 bits per heavy atom. The second-order valence-electron chi connectivity index (χ2n) is 3.64. The van der Waals surface area contributed by atoms with E-state index >= 15 is 0 Å². The predicted molar refractivity (Wildman–Crippen MR) is 70.2 cm³/mol. The van der Waals surface area contributed by atoms with Crippen LogP contribution in [0.5, 0.6) is 0 Å². The SMILES string of the molecule is CC(O)/C=C/c1ccc(Br)c2cccnc12. The number of rotatable bonds is 2. The summed E-state index contributed by atoms with van der Waals surface area (Å²) >= 11 is 3.50. The predicted octanol–water partition coefficient (Wildman–Crippen LogP) is 3.39. The summed E-state index contributed by atoms with van der Waals surface area (Å²) in [4.78, 5) is 4.36. The highest BCUT2D eigenvalue weighted by molar-refractivity contribution is 9.10. The first kappa shape index (κ1) is 11.3. The third-order valence-corrected chi connectivity index (χ3v) is 2.99. The molecule has 2 rings (SSSR count). The molecular weight excluding hydrogens is 266 g/mol. The number of halogens is 1. The molecule has 0 saturated heterocycles.